The molecule has 0 heterocycles. The van der Waals surface area contributed by atoms with E-state index in [9.17, 15) is 20.2 Å². The fraction of sp³-hybridized carbons (Fsp3) is 0.455. The van der Waals surface area contributed by atoms with Crippen LogP contribution in [0, 0.1) is 27.2 Å². The maximum absolute atomic E-state index is 10.9. The molecule has 0 aliphatic rings. The molecule has 0 aromatic heterocycles. The van der Waals surface area contributed by atoms with Gasteiger partial charge in [-0.3, -0.25) is 20.2 Å². The second-order valence-electron chi connectivity index (χ2n) is 4.90. The van der Waals surface area contributed by atoms with Crippen molar-refractivity contribution in [3.63, 3.8) is 0 Å². The van der Waals surface area contributed by atoms with Crippen LogP contribution < -0.4 is 0 Å². The Bertz CT molecular complexity index is 454. The third-order valence-electron chi connectivity index (χ3n) is 2.61. The van der Waals surface area contributed by atoms with Gasteiger partial charge < -0.3 is 0 Å². The number of benzene rings is 1. The first-order valence-corrected chi connectivity index (χ1v) is 5.08. The first kappa shape index (κ1) is 13.1. The molecule has 1 aromatic carbocycles. The molecule has 6 nitrogen and oxygen atoms in total. The van der Waals surface area contributed by atoms with Gasteiger partial charge >= 0.3 is 0 Å². The molecule has 0 aliphatic carbocycles. The molecule has 0 N–H and O–H groups in total. The summed E-state index contributed by atoms with van der Waals surface area (Å²) < 4.78 is 0. The molecule has 0 aliphatic heterocycles. The Morgan fingerprint density at radius 2 is 1.35 bits per heavy atom. The van der Waals surface area contributed by atoms with E-state index in [0.29, 0.717) is 5.56 Å². The smallest absolute Gasteiger partial charge is 0.258 e. The second-order valence-corrected chi connectivity index (χ2v) is 4.90. The van der Waals surface area contributed by atoms with Crippen LogP contribution in [0.5, 0.6) is 0 Å². The molecular formula is C11H14N2O4. The molecule has 0 unspecified atom stereocenters. The van der Waals surface area contributed by atoms with Crippen molar-refractivity contribution in [3.8, 4) is 0 Å². The van der Waals surface area contributed by atoms with Crippen molar-refractivity contribution in [1.29, 1.82) is 0 Å². The normalized spacial score (nSPS) is 11.3. The summed E-state index contributed by atoms with van der Waals surface area (Å²) in [4.78, 5) is 20.5. The highest BCUT2D eigenvalue weighted by Crippen LogP contribution is 2.34. The van der Waals surface area contributed by atoms with Crippen molar-refractivity contribution in [1.82, 2.24) is 0 Å². The van der Waals surface area contributed by atoms with Crippen molar-refractivity contribution in [2.24, 2.45) is 0 Å². The summed E-state index contributed by atoms with van der Waals surface area (Å²) in [5.41, 5.74) is -0.105. The molecule has 0 saturated heterocycles. The lowest BCUT2D eigenvalue weighted by molar-refractivity contribution is -0.395. The van der Waals surface area contributed by atoms with Crippen molar-refractivity contribution in [2.75, 3.05) is 0 Å². The van der Waals surface area contributed by atoms with Crippen LogP contribution in [0.4, 0.5) is 11.4 Å². The summed E-state index contributed by atoms with van der Waals surface area (Å²) in [5.74, 6) is 0. The van der Waals surface area contributed by atoms with Gasteiger partial charge in [0.2, 0.25) is 0 Å². The molecule has 0 atom stereocenters. The van der Waals surface area contributed by atoms with Gasteiger partial charge in [0.25, 0.3) is 11.4 Å². The van der Waals surface area contributed by atoms with Crippen LogP contribution in [-0.4, -0.2) is 9.85 Å². The highest BCUT2D eigenvalue weighted by atomic mass is 16.6. The van der Waals surface area contributed by atoms with Crippen LogP contribution in [0.25, 0.3) is 0 Å². The summed E-state index contributed by atoms with van der Waals surface area (Å²) in [6, 6.07) is 2.81. The monoisotopic (exact) mass is 238 g/mol. The Morgan fingerprint density at radius 3 is 1.59 bits per heavy atom. The number of nitro groups is 2. The zero-order chi connectivity index (χ0) is 13.4. The molecule has 0 amide bonds. The number of nitrogens with zero attached hydrogens (tertiary/aromatic N) is 2. The highest BCUT2D eigenvalue weighted by Gasteiger charge is 2.27. The average Bonchev–Trinajstić information content (AvgIpc) is 2.14. The largest absolute Gasteiger partial charge is 0.279 e. The predicted molar refractivity (Wildman–Crippen MR) is 63.2 cm³/mol. The lowest BCUT2D eigenvalue weighted by Crippen LogP contribution is -2.12. The zero-order valence-electron chi connectivity index (χ0n) is 10.2. The maximum atomic E-state index is 10.9. The van der Waals surface area contributed by atoms with E-state index in [1.165, 1.54) is 19.1 Å². The van der Waals surface area contributed by atoms with Crippen LogP contribution in [0.1, 0.15) is 31.9 Å². The number of hydrogen-bond donors (Lipinski definition) is 0. The van der Waals surface area contributed by atoms with E-state index in [4.69, 9.17) is 0 Å². The number of nitro benzene ring substituents is 2. The summed E-state index contributed by atoms with van der Waals surface area (Å²) in [6.07, 6.45) is 0. The van der Waals surface area contributed by atoms with Gasteiger partial charge in [0.1, 0.15) is 5.56 Å². The Kier molecular flexibility index (Phi) is 3.17. The van der Waals surface area contributed by atoms with Crippen molar-refractivity contribution < 1.29 is 9.85 Å². The van der Waals surface area contributed by atoms with E-state index in [2.05, 4.69) is 0 Å². The molecule has 0 spiro atoms. The topological polar surface area (TPSA) is 86.3 Å². The minimum absolute atomic E-state index is 0.0907. The Hall–Kier alpha value is -1.98. The van der Waals surface area contributed by atoms with E-state index in [-0.39, 0.29) is 22.4 Å². The Labute approximate surface area is 98.6 Å². The first-order valence-electron chi connectivity index (χ1n) is 5.08. The van der Waals surface area contributed by atoms with Crippen molar-refractivity contribution in [2.45, 2.75) is 33.1 Å². The molecule has 0 bridgehead atoms. The van der Waals surface area contributed by atoms with Gasteiger partial charge in [-0.05, 0) is 17.9 Å². The zero-order valence-corrected chi connectivity index (χ0v) is 10.2. The summed E-state index contributed by atoms with van der Waals surface area (Å²) in [5, 5.41) is 21.7. The summed E-state index contributed by atoms with van der Waals surface area (Å²) in [6.45, 7) is 6.95. The van der Waals surface area contributed by atoms with Crippen LogP contribution in [-0.2, 0) is 5.41 Å². The standard InChI is InChI=1S/C11H14N2O4/c1-7-9(12(14)15)5-8(11(2,3)4)6-10(7)13(16)17/h5-6H,1-4H3. The van der Waals surface area contributed by atoms with Crippen LogP contribution >= 0.6 is 0 Å². The van der Waals surface area contributed by atoms with E-state index < -0.39 is 9.85 Å². The molecule has 0 radical (unpaired) electrons. The SMILES string of the molecule is Cc1c([N+](=O)[O-])cc(C(C)(C)C)cc1[N+](=O)[O-]. The molecule has 92 valence electrons. The summed E-state index contributed by atoms with van der Waals surface area (Å²) in [7, 11) is 0. The Balaban J connectivity index is 3.59. The van der Waals surface area contributed by atoms with Crippen molar-refractivity contribution >= 4 is 11.4 Å². The van der Waals surface area contributed by atoms with E-state index in [1.54, 1.807) is 0 Å². The lowest BCUT2D eigenvalue weighted by Gasteiger charge is -2.18. The van der Waals surface area contributed by atoms with Crippen LogP contribution in [0.3, 0.4) is 0 Å². The van der Waals surface area contributed by atoms with Gasteiger partial charge in [-0.25, -0.2) is 0 Å². The van der Waals surface area contributed by atoms with Gasteiger partial charge in [0.15, 0.2) is 0 Å². The van der Waals surface area contributed by atoms with Crippen LogP contribution in [0.15, 0.2) is 12.1 Å². The maximum Gasteiger partial charge on any atom is 0.279 e. The van der Waals surface area contributed by atoms with Crippen molar-refractivity contribution in [3.05, 3.63) is 43.5 Å². The second kappa shape index (κ2) is 4.12. The van der Waals surface area contributed by atoms with Gasteiger partial charge in [-0.15, -0.1) is 0 Å². The molecule has 1 aromatic rings. The highest BCUT2D eigenvalue weighted by molar-refractivity contribution is 5.56. The van der Waals surface area contributed by atoms with Crippen LogP contribution in [0.2, 0.25) is 0 Å². The van der Waals surface area contributed by atoms with Gasteiger partial charge in [-0.1, -0.05) is 20.8 Å². The predicted octanol–water partition coefficient (Wildman–Crippen LogP) is 3.11. The van der Waals surface area contributed by atoms with E-state index in [1.807, 2.05) is 20.8 Å². The third-order valence-corrected chi connectivity index (χ3v) is 2.61. The lowest BCUT2D eigenvalue weighted by atomic mass is 9.85. The van der Waals surface area contributed by atoms with Gasteiger partial charge in [-0.2, -0.15) is 0 Å². The van der Waals surface area contributed by atoms with E-state index >= 15 is 0 Å². The summed E-state index contributed by atoms with van der Waals surface area (Å²) >= 11 is 0. The Morgan fingerprint density at radius 1 is 1.00 bits per heavy atom. The quantitative estimate of drug-likeness (QED) is 0.585. The molecule has 0 saturated carbocycles. The minimum Gasteiger partial charge on any atom is -0.258 e. The minimum atomic E-state index is -0.586. The van der Waals surface area contributed by atoms with Gasteiger partial charge in [0, 0.05) is 12.1 Å². The average molecular weight is 238 g/mol. The fourth-order valence-corrected chi connectivity index (χ4v) is 1.50. The molecule has 17 heavy (non-hydrogen) atoms. The fourth-order valence-electron chi connectivity index (χ4n) is 1.50. The molecular weight excluding hydrogens is 224 g/mol. The number of hydrogen-bond acceptors (Lipinski definition) is 4. The molecule has 1 rings (SSSR count). The molecule has 6 heteroatoms. The van der Waals surface area contributed by atoms with Gasteiger partial charge in [0.05, 0.1) is 9.85 Å². The number of rotatable bonds is 2. The third kappa shape index (κ3) is 2.58. The first-order chi connectivity index (χ1) is 7.64. The van der Waals surface area contributed by atoms with E-state index in [0.717, 1.165) is 0 Å². The molecule has 0 fully saturated rings.